The molecule has 8 nitrogen and oxygen atoms in total. The predicted octanol–water partition coefficient (Wildman–Crippen LogP) is 0.503. The van der Waals surface area contributed by atoms with Gasteiger partial charge in [0, 0.05) is 32.2 Å². The molecule has 2 N–H and O–H groups in total. The predicted molar refractivity (Wildman–Crippen MR) is 78.4 cm³/mol. The van der Waals surface area contributed by atoms with E-state index in [2.05, 4.69) is 4.90 Å². The van der Waals surface area contributed by atoms with Crippen molar-refractivity contribution in [2.75, 3.05) is 38.5 Å². The van der Waals surface area contributed by atoms with E-state index in [1.54, 1.807) is 0 Å². The SMILES string of the molecule is CCN1CCN(S(=O)(=O)c2ccc([N+](=O)[O-])c(N)c2)CC1. The highest BCUT2D eigenvalue weighted by atomic mass is 32.2. The summed E-state index contributed by atoms with van der Waals surface area (Å²) in [6.45, 7) is 5.09. The Kier molecular flexibility index (Phi) is 4.45. The lowest BCUT2D eigenvalue weighted by Gasteiger charge is -2.33. The van der Waals surface area contributed by atoms with Crippen LogP contribution in [-0.4, -0.2) is 55.3 Å². The second-order valence-electron chi connectivity index (χ2n) is 4.82. The summed E-state index contributed by atoms with van der Waals surface area (Å²) in [5, 5.41) is 10.7. The van der Waals surface area contributed by atoms with Gasteiger partial charge in [0.15, 0.2) is 0 Å². The number of nitrogen functional groups attached to an aromatic ring is 1. The van der Waals surface area contributed by atoms with Crippen molar-refractivity contribution in [1.29, 1.82) is 0 Å². The lowest BCUT2D eigenvalue weighted by Crippen LogP contribution is -2.48. The van der Waals surface area contributed by atoms with E-state index < -0.39 is 14.9 Å². The van der Waals surface area contributed by atoms with Crippen molar-refractivity contribution in [3.8, 4) is 0 Å². The Hall–Kier alpha value is -1.71. The van der Waals surface area contributed by atoms with E-state index in [4.69, 9.17) is 5.73 Å². The van der Waals surface area contributed by atoms with Crippen LogP contribution in [0.3, 0.4) is 0 Å². The fourth-order valence-corrected chi connectivity index (χ4v) is 3.75. The largest absolute Gasteiger partial charge is 0.393 e. The highest BCUT2D eigenvalue weighted by Crippen LogP contribution is 2.26. The molecule has 1 saturated heterocycles. The molecule has 0 radical (unpaired) electrons. The van der Waals surface area contributed by atoms with E-state index in [0.29, 0.717) is 26.2 Å². The molecule has 1 heterocycles. The summed E-state index contributed by atoms with van der Waals surface area (Å²) in [5.41, 5.74) is 5.13. The minimum atomic E-state index is -3.65. The quantitative estimate of drug-likeness (QED) is 0.492. The van der Waals surface area contributed by atoms with Crippen molar-refractivity contribution >= 4 is 21.4 Å². The van der Waals surface area contributed by atoms with Crippen molar-refractivity contribution in [3.05, 3.63) is 28.3 Å². The van der Waals surface area contributed by atoms with E-state index in [9.17, 15) is 18.5 Å². The highest BCUT2D eigenvalue weighted by Gasteiger charge is 2.29. The summed E-state index contributed by atoms with van der Waals surface area (Å²) in [5.74, 6) is 0. The van der Waals surface area contributed by atoms with Crippen LogP contribution in [0.5, 0.6) is 0 Å². The van der Waals surface area contributed by atoms with Gasteiger partial charge in [0.1, 0.15) is 5.69 Å². The molecule has 1 aromatic rings. The van der Waals surface area contributed by atoms with Crippen LogP contribution in [0.25, 0.3) is 0 Å². The molecule has 21 heavy (non-hydrogen) atoms. The van der Waals surface area contributed by atoms with Crippen LogP contribution < -0.4 is 5.73 Å². The fraction of sp³-hybridized carbons (Fsp3) is 0.500. The summed E-state index contributed by atoms with van der Waals surface area (Å²) in [6, 6.07) is 3.51. The van der Waals surface area contributed by atoms with Crippen molar-refractivity contribution in [2.24, 2.45) is 0 Å². The summed E-state index contributed by atoms with van der Waals surface area (Å²) in [6.07, 6.45) is 0. The number of nitro groups is 1. The molecule has 2 rings (SSSR count). The van der Waals surface area contributed by atoms with Crippen LogP contribution in [0, 0.1) is 10.1 Å². The van der Waals surface area contributed by atoms with Gasteiger partial charge < -0.3 is 10.6 Å². The van der Waals surface area contributed by atoms with E-state index in [1.165, 1.54) is 10.4 Å². The zero-order chi connectivity index (χ0) is 15.6. The Bertz CT molecular complexity index is 639. The van der Waals surface area contributed by atoms with E-state index in [1.807, 2.05) is 6.92 Å². The second-order valence-corrected chi connectivity index (χ2v) is 6.75. The van der Waals surface area contributed by atoms with Crippen molar-refractivity contribution in [2.45, 2.75) is 11.8 Å². The minimum Gasteiger partial charge on any atom is -0.393 e. The lowest BCUT2D eigenvalue weighted by molar-refractivity contribution is -0.383. The molecular formula is C12H18N4O4S. The molecule has 0 atom stereocenters. The van der Waals surface area contributed by atoms with Crippen molar-refractivity contribution in [1.82, 2.24) is 9.21 Å². The van der Waals surface area contributed by atoms with Crippen LogP contribution in [0.2, 0.25) is 0 Å². The standard InChI is InChI=1S/C12H18N4O4S/c1-2-14-5-7-15(8-6-14)21(19,20)10-3-4-12(16(17)18)11(13)9-10/h3-4,9H,2,5-8,13H2,1H3. The van der Waals surface area contributed by atoms with Gasteiger partial charge in [0.05, 0.1) is 9.82 Å². The zero-order valence-electron chi connectivity index (χ0n) is 11.7. The summed E-state index contributed by atoms with van der Waals surface area (Å²) < 4.78 is 26.4. The van der Waals surface area contributed by atoms with Crippen LogP contribution in [-0.2, 0) is 10.0 Å². The second kappa shape index (κ2) is 5.96. The van der Waals surface area contributed by atoms with Gasteiger partial charge in [0.2, 0.25) is 10.0 Å². The molecule has 0 unspecified atom stereocenters. The molecule has 0 aromatic heterocycles. The number of sulfonamides is 1. The number of likely N-dealkylation sites (N-methyl/N-ethyl adjacent to an activating group) is 1. The average Bonchev–Trinajstić information content (AvgIpc) is 2.46. The Balaban J connectivity index is 2.24. The molecular weight excluding hydrogens is 296 g/mol. The van der Waals surface area contributed by atoms with Gasteiger partial charge in [-0.1, -0.05) is 6.92 Å². The molecule has 0 spiro atoms. The molecule has 0 bridgehead atoms. The monoisotopic (exact) mass is 314 g/mol. The Morgan fingerprint density at radius 2 is 1.90 bits per heavy atom. The Morgan fingerprint density at radius 1 is 1.29 bits per heavy atom. The van der Waals surface area contributed by atoms with Crippen LogP contribution in [0.1, 0.15) is 6.92 Å². The number of hydrogen-bond donors (Lipinski definition) is 1. The normalized spacial score (nSPS) is 17.8. The third-order valence-corrected chi connectivity index (χ3v) is 5.51. The minimum absolute atomic E-state index is 0.00412. The average molecular weight is 314 g/mol. The number of piperazine rings is 1. The molecule has 0 amide bonds. The first kappa shape index (κ1) is 15.7. The van der Waals surface area contributed by atoms with Crippen molar-refractivity contribution < 1.29 is 13.3 Å². The Morgan fingerprint density at radius 3 is 2.38 bits per heavy atom. The molecule has 9 heteroatoms. The summed E-state index contributed by atoms with van der Waals surface area (Å²) in [4.78, 5) is 12.2. The summed E-state index contributed by atoms with van der Waals surface area (Å²) in [7, 11) is -3.65. The number of nitro benzene ring substituents is 1. The van der Waals surface area contributed by atoms with Gasteiger partial charge >= 0.3 is 0 Å². The highest BCUT2D eigenvalue weighted by molar-refractivity contribution is 7.89. The third-order valence-electron chi connectivity index (χ3n) is 3.61. The van der Waals surface area contributed by atoms with Gasteiger partial charge in [-0.25, -0.2) is 8.42 Å². The zero-order valence-corrected chi connectivity index (χ0v) is 12.5. The van der Waals surface area contributed by atoms with Crippen LogP contribution in [0.15, 0.2) is 23.1 Å². The summed E-state index contributed by atoms with van der Waals surface area (Å²) >= 11 is 0. The number of hydrogen-bond acceptors (Lipinski definition) is 6. The first-order valence-corrected chi connectivity index (χ1v) is 8.06. The number of anilines is 1. The third kappa shape index (κ3) is 3.14. The van der Waals surface area contributed by atoms with Gasteiger partial charge in [0.25, 0.3) is 5.69 Å². The fourth-order valence-electron chi connectivity index (χ4n) is 2.29. The molecule has 0 saturated carbocycles. The lowest BCUT2D eigenvalue weighted by atomic mass is 10.3. The molecule has 1 aliphatic rings. The maximum absolute atomic E-state index is 12.5. The van der Waals surface area contributed by atoms with Crippen LogP contribution >= 0.6 is 0 Å². The van der Waals surface area contributed by atoms with Gasteiger partial charge in [-0.3, -0.25) is 10.1 Å². The van der Waals surface area contributed by atoms with Gasteiger partial charge in [-0.05, 0) is 18.7 Å². The molecule has 116 valence electrons. The van der Waals surface area contributed by atoms with Crippen LogP contribution in [0.4, 0.5) is 11.4 Å². The Labute approximate surface area is 123 Å². The number of nitrogens with zero attached hydrogens (tertiary/aromatic N) is 3. The topological polar surface area (TPSA) is 110 Å². The number of rotatable bonds is 4. The van der Waals surface area contributed by atoms with Gasteiger partial charge in [-0.15, -0.1) is 0 Å². The van der Waals surface area contributed by atoms with Crippen molar-refractivity contribution in [3.63, 3.8) is 0 Å². The first-order chi connectivity index (χ1) is 9.86. The van der Waals surface area contributed by atoms with E-state index in [-0.39, 0.29) is 16.3 Å². The molecule has 1 fully saturated rings. The number of nitrogens with two attached hydrogens (primary N) is 1. The molecule has 1 aliphatic heterocycles. The maximum Gasteiger partial charge on any atom is 0.292 e. The molecule has 0 aliphatic carbocycles. The van der Waals surface area contributed by atoms with Gasteiger partial charge in [-0.2, -0.15) is 4.31 Å². The maximum atomic E-state index is 12.5. The molecule has 1 aromatic carbocycles. The smallest absolute Gasteiger partial charge is 0.292 e. The van der Waals surface area contributed by atoms with E-state index >= 15 is 0 Å². The van der Waals surface area contributed by atoms with E-state index in [0.717, 1.165) is 18.7 Å². The number of benzene rings is 1. The first-order valence-electron chi connectivity index (χ1n) is 6.62.